The van der Waals surface area contributed by atoms with E-state index in [0.29, 0.717) is 42.2 Å². The van der Waals surface area contributed by atoms with E-state index in [9.17, 15) is 19.2 Å². The minimum absolute atomic E-state index is 0.303. The van der Waals surface area contributed by atoms with E-state index >= 15 is 0 Å². The van der Waals surface area contributed by atoms with Crippen LogP contribution in [-0.4, -0.2) is 126 Å². The first kappa shape index (κ1) is 41.3. The zero-order valence-corrected chi connectivity index (χ0v) is 30.4. The van der Waals surface area contributed by atoms with E-state index in [-0.39, 0.29) is 0 Å². The van der Waals surface area contributed by atoms with Crippen LogP contribution in [0.15, 0.2) is 90.4 Å². The maximum atomic E-state index is 9.55. The maximum Gasteiger partial charge on any atom is 0.328 e. The molecular weight excluding hydrogens is 712 g/mol. The standard InChI is InChI=1S/C30H36N8O.2C4H4O4/c1-36-16-18-37(19-17-36)24-12-14-25(15-13-24)38-30-26(29(31)32-20-33-30)28(34-38)23-10-8-22(9-11-23)27(35-39-2)21-6-4-3-5-7-21;2*5-3(6)1-2-4(7)8/h3-11,20,24-25H,12-19H2,1-2H3,(H2,31,32,33);2*1-2H,(H,5,6)(H,7,8)/b;2*2-1-. The Bertz CT molecular complexity index is 1950. The van der Waals surface area contributed by atoms with E-state index in [2.05, 4.69) is 48.8 Å². The lowest BCUT2D eigenvalue weighted by Crippen LogP contribution is -2.49. The fraction of sp³-hybridized carbons (Fsp3) is 0.316. The second-order valence-electron chi connectivity index (χ2n) is 12.6. The van der Waals surface area contributed by atoms with Gasteiger partial charge in [-0.1, -0.05) is 59.8 Å². The first-order chi connectivity index (χ1) is 26.4. The molecule has 17 heteroatoms. The third kappa shape index (κ3) is 12.0. The van der Waals surface area contributed by atoms with E-state index < -0.39 is 23.9 Å². The molecule has 0 radical (unpaired) electrons. The number of nitrogen functional groups attached to an aromatic ring is 1. The van der Waals surface area contributed by atoms with Crippen LogP contribution in [0.5, 0.6) is 0 Å². The number of carbonyl (C=O) groups is 4. The highest BCUT2D eigenvalue weighted by atomic mass is 16.6. The zero-order valence-electron chi connectivity index (χ0n) is 30.4. The first-order valence-corrected chi connectivity index (χ1v) is 17.3. The Kier molecular flexibility index (Phi) is 15.1. The molecule has 6 rings (SSSR count). The quantitative estimate of drug-likeness (QED) is 0.0881. The minimum Gasteiger partial charge on any atom is -0.478 e. The summed E-state index contributed by atoms with van der Waals surface area (Å²) < 4.78 is 2.11. The second-order valence-corrected chi connectivity index (χ2v) is 12.6. The molecule has 6 N–H and O–H groups in total. The highest BCUT2D eigenvalue weighted by Crippen LogP contribution is 2.37. The lowest BCUT2D eigenvalue weighted by Gasteiger charge is -2.41. The molecule has 55 heavy (non-hydrogen) atoms. The number of benzene rings is 2. The van der Waals surface area contributed by atoms with Crippen molar-refractivity contribution in [3.63, 3.8) is 0 Å². The lowest BCUT2D eigenvalue weighted by molar-refractivity contribution is -0.134. The smallest absolute Gasteiger partial charge is 0.328 e. The number of likely N-dealkylation sites (N-methyl/N-ethyl adjacent to an activating group) is 1. The number of hydrogen-bond acceptors (Lipinski definition) is 12. The molecule has 0 amide bonds. The number of nitrogens with zero attached hydrogens (tertiary/aromatic N) is 7. The molecule has 2 fully saturated rings. The summed E-state index contributed by atoms with van der Waals surface area (Å²) in [5.41, 5.74) is 11.7. The van der Waals surface area contributed by atoms with Crippen LogP contribution in [0.25, 0.3) is 22.3 Å². The highest BCUT2D eigenvalue weighted by Gasteiger charge is 2.30. The van der Waals surface area contributed by atoms with Gasteiger partial charge in [-0.3, -0.25) is 4.90 Å². The predicted octanol–water partition coefficient (Wildman–Crippen LogP) is 3.63. The average Bonchev–Trinajstić information content (AvgIpc) is 3.58. The maximum absolute atomic E-state index is 9.55. The van der Waals surface area contributed by atoms with Gasteiger partial charge in [0.2, 0.25) is 0 Å². The number of aromatic nitrogens is 4. The average molecular weight is 757 g/mol. The van der Waals surface area contributed by atoms with Gasteiger partial charge in [0.05, 0.1) is 11.4 Å². The molecule has 0 atom stereocenters. The van der Waals surface area contributed by atoms with Crippen molar-refractivity contribution in [2.24, 2.45) is 5.16 Å². The van der Waals surface area contributed by atoms with Gasteiger partial charge in [0.15, 0.2) is 5.65 Å². The molecule has 1 aliphatic carbocycles. The minimum atomic E-state index is -1.26. The Hall–Kier alpha value is -6.46. The van der Waals surface area contributed by atoms with Crippen molar-refractivity contribution in [2.45, 2.75) is 37.8 Å². The zero-order chi connectivity index (χ0) is 39.9. The van der Waals surface area contributed by atoms with Crippen molar-refractivity contribution in [2.75, 3.05) is 46.1 Å². The Balaban J connectivity index is 0.000000354. The monoisotopic (exact) mass is 756 g/mol. The van der Waals surface area contributed by atoms with E-state index in [1.807, 2.05) is 42.5 Å². The van der Waals surface area contributed by atoms with Crippen molar-refractivity contribution in [3.8, 4) is 11.3 Å². The molecule has 0 spiro atoms. The van der Waals surface area contributed by atoms with Gasteiger partial charge in [-0.05, 0) is 32.7 Å². The third-order valence-corrected chi connectivity index (χ3v) is 8.98. The number of carboxylic acids is 4. The Morgan fingerprint density at radius 1 is 0.745 bits per heavy atom. The Labute approximate surface area is 316 Å². The van der Waals surface area contributed by atoms with Gasteiger partial charge in [-0.25, -0.2) is 33.8 Å². The topological polar surface area (TPSA) is 247 Å². The van der Waals surface area contributed by atoms with Crippen LogP contribution < -0.4 is 5.73 Å². The number of piperazine rings is 1. The summed E-state index contributed by atoms with van der Waals surface area (Å²) in [5.74, 6) is -4.57. The normalized spacial score (nSPS) is 17.9. The van der Waals surface area contributed by atoms with Crippen molar-refractivity contribution >= 4 is 46.4 Å². The van der Waals surface area contributed by atoms with E-state index in [0.717, 1.165) is 65.1 Å². The van der Waals surface area contributed by atoms with Crippen LogP contribution in [0.4, 0.5) is 5.82 Å². The molecule has 0 unspecified atom stereocenters. The van der Waals surface area contributed by atoms with Gasteiger partial charge < -0.3 is 35.9 Å². The number of anilines is 1. The fourth-order valence-electron chi connectivity index (χ4n) is 6.34. The largest absolute Gasteiger partial charge is 0.478 e. The van der Waals surface area contributed by atoms with Crippen LogP contribution >= 0.6 is 0 Å². The molecule has 2 aromatic heterocycles. The number of hydrogen-bond donors (Lipinski definition) is 5. The van der Waals surface area contributed by atoms with Gasteiger partial charge in [0, 0.05) is 73.2 Å². The molecule has 1 saturated heterocycles. The Morgan fingerprint density at radius 3 is 1.76 bits per heavy atom. The van der Waals surface area contributed by atoms with Gasteiger partial charge in [-0.2, -0.15) is 5.10 Å². The van der Waals surface area contributed by atoms with E-state index in [1.54, 1.807) is 13.4 Å². The molecule has 0 bridgehead atoms. The Morgan fingerprint density at radius 2 is 1.25 bits per heavy atom. The summed E-state index contributed by atoms with van der Waals surface area (Å²) in [6, 6.07) is 19.2. The van der Waals surface area contributed by atoms with E-state index in [4.69, 9.17) is 36.1 Å². The number of rotatable bonds is 10. The predicted molar refractivity (Wildman–Crippen MR) is 203 cm³/mol. The summed E-state index contributed by atoms with van der Waals surface area (Å²) in [6.45, 7) is 4.65. The van der Waals surface area contributed by atoms with Crippen molar-refractivity contribution < 1.29 is 44.4 Å². The fourth-order valence-corrected chi connectivity index (χ4v) is 6.34. The number of fused-ring (bicyclic) bond motifs is 1. The van der Waals surface area contributed by atoms with Crippen molar-refractivity contribution in [1.82, 2.24) is 29.5 Å². The molecule has 1 saturated carbocycles. The summed E-state index contributed by atoms with van der Waals surface area (Å²) >= 11 is 0. The number of aliphatic carboxylic acids is 4. The van der Waals surface area contributed by atoms with Gasteiger partial charge in [0.25, 0.3) is 0 Å². The number of nitrogens with two attached hydrogens (primary N) is 1. The van der Waals surface area contributed by atoms with Gasteiger partial charge in [-0.15, -0.1) is 0 Å². The van der Waals surface area contributed by atoms with Crippen molar-refractivity contribution in [1.29, 1.82) is 0 Å². The molecule has 17 nitrogen and oxygen atoms in total. The molecule has 1 aliphatic heterocycles. The van der Waals surface area contributed by atoms with Crippen LogP contribution in [0.1, 0.15) is 42.9 Å². The first-order valence-electron chi connectivity index (χ1n) is 17.3. The van der Waals surface area contributed by atoms with Crippen LogP contribution in [0, 0.1) is 0 Å². The molecule has 290 valence electrons. The summed E-state index contributed by atoms with van der Waals surface area (Å²) in [7, 11) is 3.78. The van der Waals surface area contributed by atoms with Crippen LogP contribution in [0.3, 0.4) is 0 Å². The van der Waals surface area contributed by atoms with Crippen LogP contribution in [0.2, 0.25) is 0 Å². The molecule has 3 heterocycles. The van der Waals surface area contributed by atoms with Crippen LogP contribution in [-0.2, 0) is 24.0 Å². The summed E-state index contributed by atoms with van der Waals surface area (Å²) in [4.78, 5) is 57.4. The summed E-state index contributed by atoms with van der Waals surface area (Å²) in [6.07, 6.45) is 8.32. The lowest BCUT2D eigenvalue weighted by atomic mass is 9.90. The second kappa shape index (κ2) is 20.1. The molecule has 2 aromatic carbocycles. The van der Waals surface area contributed by atoms with Crippen molar-refractivity contribution in [3.05, 3.63) is 96.4 Å². The third-order valence-electron chi connectivity index (χ3n) is 8.98. The molecule has 2 aliphatic rings. The SMILES string of the molecule is CON=C(c1ccccc1)c1ccc(-c2nn(C3CCC(N4CCN(C)CC4)CC3)c3ncnc(N)c23)cc1.O=C(O)/C=C\C(=O)O.O=C(O)/C=C\C(=O)O. The number of oxime groups is 1. The summed E-state index contributed by atoms with van der Waals surface area (Å²) in [5, 5.41) is 41.5. The van der Waals surface area contributed by atoms with Gasteiger partial charge >= 0.3 is 23.9 Å². The molecular formula is C38H44N8O9. The number of carboxylic acid groups (broad SMARTS) is 4. The van der Waals surface area contributed by atoms with Gasteiger partial charge in [0.1, 0.15) is 30.7 Å². The highest BCUT2D eigenvalue weighted by molar-refractivity contribution is 6.13. The van der Waals surface area contributed by atoms with E-state index in [1.165, 1.54) is 25.9 Å². The molecule has 4 aromatic rings.